The third-order valence-corrected chi connectivity index (χ3v) is 3.56. The van der Waals surface area contributed by atoms with Crippen molar-refractivity contribution >= 4 is 11.9 Å². The number of rotatable bonds is 7. The summed E-state index contributed by atoms with van der Waals surface area (Å²) in [5.41, 5.74) is -0.218. The van der Waals surface area contributed by atoms with Crippen molar-refractivity contribution in [2.24, 2.45) is 0 Å². The Labute approximate surface area is 139 Å². The molecule has 0 aliphatic heterocycles. The van der Waals surface area contributed by atoms with Crippen LogP contribution < -0.4 is 5.32 Å². The number of carboxylic acid groups (broad SMARTS) is 1. The number of hydrogen-bond acceptors (Lipinski definition) is 5. The predicted molar refractivity (Wildman–Crippen MR) is 86.4 cm³/mol. The summed E-state index contributed by atoms with van der Waals surface area (Å²) < 4.78 is 10.5. The number of carbonyl (C=O) groups excluding carboxylic acids is 1. The fourth-order valence-corrected chi connectivity index (χ4v) is 2.24. The van der Waals surface area contributed by atoms with Crippen LogP contribution in [0.2, 0.25) is 0 Å². The van der Waals surface area contributed by atoms with Crippen LogP contribution in [0.3, 0.4) is 0 Å². The van der Waals surface area contributed by atoms with E-state index in [1.54, 1.807) is 6.92 Å². The van der Waals surface area contributed by atoms with Gasteiger partial charge in [-0.05, 0) is 26.0 Å². The normalized spacial score (nSPS) is 13.3. The molecule has 0 saturated carbocycles. The molecule has 2 rings (SSSR count). The molecule has 24 heavy (non-hydrogen) atoms. The van der Waals surface area contributed by atoms with Crippen molar-refractivity contribution in [3.8, 4) is 11.5 Å². The minimum absolute atomic E-state index is 0.0747. The average molecular weight is 332 g/mol. The van der Waals surface area contributed by atoms with E-state index < -0.39 is 17.4 Å². The molecule has 0 fully saturated rings. The smallest absolute Gasteiger partial charge is 0.331 e. The van der Waals surface area contributed by atoms with Crippen molar-refractivity contribution in [3.63, 3.8) is 0 Å². The zero-order valence-electron chi connectivity index (χ0n) is 13.8. The first-order valence-electron chi connectivity index (χ1n) is 7.41. The number of nitrogens with one attached hydrogen (secondary N) is 1. The fraction of sp³-hybridized carbons (Fsp3) is 0.353. The molecule has 0 saturated heterocycles. The zero-order chi connectivity index (χ0) is 17.7. The van der Waals surface area contributed by atoms with Gasteiger partial charge < -0.3 is 19.6 Å². The Hall–Kier alpha value is -2.67. The summed E-state index contributed by atoms with van der Waals surface area (Å²) in [4.78, 5) is 27.9. The van der Waals surface area contributed by atoms with Gasteiger partial charge in [-0.2, -0.15) is 0 Å². The van der Waals surface area contributed by atoms with Crippen molar-refractivity contribution in [2.75, 3.05) is 13.7 Å². The largest absolute Gasteiger partial charge is 0.479 e. The SMILES string of the molecule is COCC(C)(NC(=O)Cc1nc(-c2ccccc2)oc1C)C(=O)O. The van der Waals surface area contributed by atoms with E-state index in [4.69, 9.17) is 9.15 Å². The summed E-state index contributed by atoms with van der Waals surface area (Å²) in [6, 6.07) is 9.33. The maximum Gasteiger partial charge on any atom is 0.331 e. The number of carboxylic acids is 1. The molecule has 7 nitrogen and oxygen atoms in total. The number of oxazole rings is 1. The minimum atomic E-state index is -1.49. The second kappa shape index (κ2) is 7.27. The van der Waals surface area contributed by atoms with E-state index in [9.17, 15) is 14.7 Å². The van der Waals surface area contributed by atoms with Crippen LogP contribution in [0.1, 0.15) is 18.4 Å². The average Bonchev–Trinajstić information content (AvgIpc) is 2.89. The molecular formula is C17H20N2O5. The summed E-state index contributed by atoms with van der Waals surface area (Å²) in [5.74, 6) is -0.686. The first-order chi connectivity index (χ1) is 11.4. The lowest BCUT2D eigenvalue weighted by atomic mass is 10.0. The first-order valence-corrected chi connectivity index (χ1v) is 7.41. The molecule has 2 N–H and O–H groups in total. The van der Waals surface area contributed by atoms with Crippen LogP contribution in [-0.2, 0) is 20.7 Å². The number of benzene rings is 1. The first kappa shape index (κ1) is 17.7. The van der Waals surface area contributed by atoms with Gasteiger partial charge in [0.2, 0.25) is 11.8 Å². The molecule has 1 atom stereocenters. The fourth-order valence-electron chi connectivity index (χ4n) is 2.24. The Kier molecular flexibility index (Phi) is 5.35. The number of carbonyl (C=O) groups is 2. The van der Waals surface area contributed by atoms with Gasteiger partial charge in [-0.25, -0.2) is 9.78 Å². The molecule has 1 aromatic carbocycles. The minimum Gasteiger partial charge on any atom is -0.479 e. The number of aliphatic carboxylic acids is 1. The maximum absolute atomic E-state index is 12.2. The van der Waals surface area contributed by atoms with E-state index in [2.05, 4.69) is 10.3 Å². The van der Waals surface area contributed by atoms with E-state index >= 15 is 0 Å². The molecular weight excluding hydrogens is 312 g/mol. The van der Waals surface area contributed by atoms with Gasteiger partial charge in [0, 0.05) is 12.7 Å². The van der Waals surface area contributed by atoms with Crippen molar-refractivity contribution in [3.05, 3.63) is 41.8 Å². The Morgan fingerprint density at radius 1 is 1.33 bits per heavy atom. The monoisotopic (exact) mass is 332 g/mol. The van der Waals surface area contributed by atoms with E-state index in [1.807, 2.05) is 30.3 Å². The third-order valence-electron chi connectivity index (χ3n) is 3.56. The number of hydrogen-bond donors (Lipinski definition) is 2. The Balaban J connectivity index is 2.12. The molecule has 0 radical (unpaired) electrons. The van der Waals surface area contributed by atoms with Gasteiger partial charge in [0.05, 0.1) is 18.7 Å². The zero-order valence-corrected chi connectivity index (χ0v) is 13.8. The highest BCUT2D eigenvalue weighted by atomic mass is 16.5. The Morgan fingerprint density at radius 2 is 2.00 bits per heavy atom. The van der Waals surface area contributed by atoms with Crippen LogP contribution in [0.4, 0.5) is 0 Å². The van der Waals surface area contributed by atoms with E-state index in [0.29, 0.717) is 17.3 Å². The quantitative estimate of drug-likeness (QED) is 0.801. The predicted octanol–water partition coefficient (Wildman–Crippen LogP) is 1.80. The van der Waals surface area contributed by atoms with Gasteiger partial charge in [-0.1, -0.05) is 18.2 Å². The number of methoxy groups -OCH3 is 1. The van der Waals surface area contributed by atoms with Crippen LogP contribution in [-0.4, -0.2) is 41.2 Å². The van der Waals surface area contributed by atoms with Crippen LogP contribution >= 0.6 is 0 Å². The van der Waals surface area contributed by atoms with E-state index in [1.165, 1.54) is 14.0 Å². The topological polar surface area (TPSA) is 102 Å². The second-order valence-electron chi connectivity index (χ2n) is 5.68. The molecule has 2 aromatic rings. The summed E-state index contributed by atoms with van der Waals surface area (Å²) in [6.07, 6.45) is -0.0747. The highest BCUT2D eigenvalue weighted by Gasteiger charge is 2.35. The highest BCUT2D eigenvalue weighted by molar-refractivity contribution is 5.87. The summed E-state index contributed by atoms with van der Waals surface area (Å²) in [7, 11) is 1.38. The van der Waals surface area contributed by atoms with Gasteiger partial charge in [0.1, 0.15) is 5.76 Å². The lowest BCUT2D eigenvalue weighted by Crippen LogP contribution is -2.55. The van der Waals surface area contributed by atoms with Crippen LogP contribution in [0.5, 0.6) is 0 Å². The summed E-state index contributed by atoms with van der Waals surface area (Å²) >= 11 is 0. The molecule has 1 heterocycles. The van der Waals surface area contributed by atoms with E-state index in [0.717, 1.165) is 5.56 Å². The molecule has 1 aromatic heterocycles. The maximum atomic E-state index is 12.2. The third kappa shape index (κ3) is 3.99. The Bertz CT molecular complexity index is 726. The molecule has 0 spiro atoms. The van der Waals surface area contributed by atoms with Crippen LogP contribution in [0.25, 0.3) is 11.5 Å². The van der Waals surface area contributed by atoms with Gasteiger partial charge >= 0.3 is 5.97 Å². The number of aromatic nitrogens is 1. The number of nitrogens with zero attached hydrogens (tertiary/aromatic N) is 1. The van der Waals surface area contributed by atoms with Crippen molar-refractivity contribution in [2.45, 2.75) is 25.8 Å². The molecule has 1 unspecified atom stereocenters. The highest BCUT2D eigenvalue weighted by Crippen LogP contribution is 2.21. The van der Waals surface area contributed by atoms with Gasteiger partial charge in [0.15, 0.2) is 5.54 Å². The molecule has 128 valence electrons. The van der Waals surface area contributed by atoms with Gasteiger partial charge in [0.25, 0.3) is 0 Å². The van der Waals surface area contributed by atoms with Gasteiger partial charge in [-0.3, -0.25) is 4.79 Å². The number of ether oxygens (including phenoxy) is 1. The number of amides is 1. The molecule has 0 bridgehead atoms. The molecule has 7 heteroatoms. The van der Waals surface area contributed by atoms with E-state index in [-0.39, 0.29) is 13.0 Å². The summed E-state index contributed by atoms with van der Waals surface area (Å²) in [5, 5.41) is 11.7. The van der Waals surface area contributed by atoms with Gasteiger partial charge in [-0.15, -0.1) is 0 Å². The molecule has 0 aliphatic carbocycles. The lowest BCUT2D eigenvalue weighted by molar-refractivity contribution is -0.149. The van der Waals surface area contributed by atoms with Crippen LogP contribution in [0.15, 0.2) is 34.7 Å². The standard InChI is InChI=1S/C17H20N2O5/c1-11-13(18-15(24-11)12-7-5-4-6-8-12)9-14(20)19-17(2,10-23-3)16(21)22/h4-8H,9-10H2,1-3H3,(H,19,20)(H,21,22). The van der Waals surface area contributed by atoms with Crippen LogP contribution in [0, 0.1) is 6.92 Å². The number of aryl methyl sites for hydroxylation is 1. The summed E-state index contributed by atoms with van der Waals surface area (Å²) in [6.45, 7) is 2.97. The van der Waals surface area contributed by atoms with Crippen molar-refractivity contribution in [1.29, 1.82) is 0 Å². The van der Waals surface area contributed by atoms with Crippen molar-refractivity contribution < 1.29 is 23.8 Å². The molecule has 0 aliphatic rings. The molecule has 1 amide bonds. The Morgan fingerprint density at radius 3 is 2.58 bits per heavy atom. The second-order valence-corrected chi connectivity index (χ2v) is 5.68. The van der Waals surface area contributed by atoms with Crippen molar-refractivity contribution in [1.82, 2.24) is 10.3 Å². The lowest BCUT2D eigenvalue weighted by Gasteiger charge is -2.25.